The van der Waals surface area contributed by atoms with Gasteiger partial charge in [0.15, 0.2) is 0 Å². The summed E-state index contributed by atoms with van der Waals surface area (Å²) >= 11 is 0. The Bertz CT molecular complexity index is 515. The van der Waals surface area contributed by atoms with E-state index >= 15 is 0 Å². The van der Waals surface area contributed by atoms with Crippen LogP contribution in [0.15, 0.2) is 6.07 Å². The molecule has 0 spiro atoms. The average Bonchev–Trinajstić information content (AvgIpc) is 2.34. The minimum atomic E-state index is -0.856. The van der Waals surface area contributed by atoms with Crippen molar-refractivity contribution in [2.24, 2.45) is 5.41 Å². The number of benzene rings is 1. The second-order valence-electron chi connectivity index (χ2n) is 6.21. The standard InChI is InChI=1S/C16H22O3/c1-10-12-7-5-4-6-11(12)8-14(17)13(10)9-16(2,3)15(18)19/h8,17H,4-7,9H2,1-3H3,(H,18,19). The van der Waals surface area contributed by atoms with Gasteiger partial charge in [-0.2, -0.15) is 0 Å². The summed E-state index contributed by atoms with van der Waals surface area (Å²) in [5, 5.41) is 19.4. The van der Waals surface area contributed by atoms with Crippen LogP contribution >= 0.6 is 0 Å². The fourth-order valence-electron chi connectivity index (χ4n) is 2.88. The molecule has 0 unspecified atom stereocenters. The number of carboxylic acids is 1. The lowest BCUT2D eigenvalue weighted by atomic mass is 9.80. The normalized spacial score (nSPS) is 15.1. The van der Waals surface area contributed by atoms with Gasteiger partial charge in [0, 0.05) is 0 Å². The first kappa shape index (κ1) is 13.9. The Morgan fingerprint density at radius 2 is 1.95 bits per heavy atom. The quantitative estimate of drug-likeness (QED) is 0.879. The van der Waals surface area contributed by atoms with E-state index in [1.165, 1.54) is 24.0 Å². The first-order chi connectivity index (χ1) is 8.83. The first-order valence-electron chi connectivity index (χ1n) is 6.89. The zero-order chi connectivity index (χ0) is 14.2. The molecule has 19 heavy (non-hydrogen) atoms. The number of carbonyl (C=O) groups is 1. The summed E-state index contributed by atoms with van der Waals surface area (Å²) in [6, 6.07) is 1.84. The van der Waals surface area contributed by atoms with E-state index in [0.29, 0.717) is 6.42 Å². The Kier molecular flexibility index (Phi) is 3.57. The summed E-state index contributed by atoms with van der Waals surface area (Å²) in [5.41, 5.74) is 3.58. The summed E-state index contributed by atoms with van der Waals surface area (Å²) in [6.45, 7) is 5.42. The number of phenolic OH excluding ortho intramolecular Hbond substituents is 1. The second kappa shape index (κ2) is 4.87. The van der Waals surface area contributed by atoms with Gasteiger partial charge in [0.25, 0.3) is 0 Å². The zero-order valence-corrected chi connectivity index (χ0v) is 11.9. The summed E-state index contributed by atoms with van der Waals surface area (Å²) in [5.74, 6) is -0.573. The van der Waals surface area contributed by atoms with Crippen molar-refractivity contribution in [1.82, 2.24) is 0 Å². The van der Waals surface area contributed by atoms with Gasteiger partial charge >= 0.3 is 5.97 Å². The van der Waals surface area contributed by atoms with Gasteiger partial charge in [-0.05, 0) is 81.2 Å². The van der Waals surface area contributed by atoms with Gasteiger partial charge in [0.1, 0.15) is 5.75 Å². The summed E-state index contributed by atoms with van der Waals surface area (Å²) in [4.78, 5) is 11.3. The van der Waals surface area contributed by atoms with E-state index in [0.717, 1.165) is 24.0 Å². The van der Waals surface area contributed by atoms with Crippen molar-refractivity contribution in [3.05, 3.63) is 28.3 Å². The maximum absolute atomic E-state index is 11.3. The molecule has 1 aliphatic carbocycles. The Balaban J connectivity index is 2.44. The maximum Gasteiger partial charge on any atom is 0.309 e. The molecule has 1 aliphatic rings. The first-order valence-corrected chi connectivity index (χ1v) is 6.89. The minimum absolute atomic E-state index is 0.257. The van der Waals surface area contributed by atoms with E-state index in [2.05, 4.69) is 0 Å². The van der Waals surface area contributed by atoms with E-state index in [1.54, 1.807) is 13.8 Å². The predicted octanol–water partition coefficient (Wildman–Crippen LogP) is 3.23. The highest BCUT2D eigenvalue weighted by Crippen LogP contribution is 2.36. The van der Waals surface area contributed by atoms with Crippen molar-refractivity contribution in [2.45, 2.75) is 52.9 Å². The van der Waals surface area contributed by atoms with E-state index in [-0.39, 0.29) is 5.75 Å². The van der Waals surface area contributed by atoms with Crippen molar-refractivity contribution in [2.75, 3.05) is 0 Å². The molecular weight excluding hydrogens is 240 g/mol. The van der Waals surface area contributed by atoms with Crippen molar-refractivity contribution < 1.29 is 15.0 Å². The number of fused-ring (bicyclic) bond motifs is 1. The van der Waals surface area contributed by atoms with Crippen LogP contribution in [0.25, 0.3) is 0 Å². The van der Waals surface area contributed by atoms with Crippen LogP contribution in [0.4, 0.5) is 0 Å². The van der Waals surface area contributed by atoms with Crippen molar-refractivity contribution in [1.29, 1.82) is 0 Å². The third kappa shape index (κ3) is 2.60. The largest absolute Gasteiger partial charge is 0.508 e. The summed E-state index contributed by atoms with van der Waals surface area (Å²) in [7, 11) is 0. The van der Waals surface area contributed by atoms with Crippen LogP contribution in [-0.2, 0) is 24.1 Å². The zero-order valence-electron chi connectivity index (χ0n) is 11.9. The van der Waals surface area contributed by atoms with Crippen LogP contribution < -0.4 is 0 Å². The molecule has 3 heteroatoms. The van der Waals surface area contributed by atoms with Crippen LogP contribution in [0.2, 0.25) is 0 Å². The van der Waals surface area contributed by atoms with Crippen LogP contribution in [0.3, 0.4) is 0 Å². The third-order valence-electron chi connectivity index (χ3n) is 4.23. The molecule has 0 heterocycles. The molecule has 0 saturated heterocycles. The molecule has 0 aromatic heterocycles. The SMILES string of the molecule is Cc1c(CC(C)(C)C(=O)O)c(O)cc2c1CCCC2. The van der Waals surface area contributed by atoms with Crippen molar-refractivity contribution >= 4 is 5.97 Å². The minimum Gasteiger partial charge on any atom is -0.508 e. The molecule has 3 nitrogen and oxygen atoms in total. The number of hydrogen-bond donors (Lipinski definition) is 2. The molecule has 0 fully saturated rings. The fraction of sp³-hybridized carbons (Fsp3) is 0.562. The maximum atomic E-state index is 11.3. The number of aliphatic carboxylic acids is 1. The summed E-state index contributed by atoms with van der Waals surface area (Å²) < 4.78 is 0. The van der Waals surface area contributed by atoms with Gasteiger partial charge in [0.2, 0.25) is 0 Å². The lowest BCUT2D eigenvalue weighted by Crippen LogP contribution is -2.27. The molecule has 2 N–H and O–H groups in total. The number of aryl methyl sites for hydroxylation is 1. The van der Waals surface area contributed by atoms with Crippen LogP contribution in [0.5, 0.6) is 5.75 Å². The highest BCUT2D eigenvalue weighted by atomic mass is 16.4. The molecule has 1 aromatic carbocycles. The van der Waals surface area contributed by atoms with E-state index in [1.807, 2.05) is 13.0 Å². The molecule has 2 rings (SSSR count). The Morgan fingerprint density at radius 3 is 2.58 bits per heavy atom. The highest BCUT2D eigenvalue weighted by molar-refractivity contribution is 5.74. The van der Waals surface area contributed by atoms with Gasteiger partial charge in [-0.15, -0.1) is 0 Å². The van der Waals surface area contributed by atoms with Crippen molar-refractivity contribution in [3.63, 3.8) is 0 Å². The van der Waals surface area contributed by atoms with Gasteiger partial charge in [-0.25, -0.2) is 0 Å². The monoisotopic (exact) mass is 262 g/mol. The molecule has 0 amide bonds. The van der Waals surface area contributed by atoms with E-state index in [4.69, 9.17) is 0 Å². The van der Waals surface area contributed by atoms with Gasteiger partial charge in [-0.3, -0.25) is 4.79 Å². The molecule has 0 radical (unpaired) electrons. The fourth-order valence-corrected chi connectivity index (χ4v) is 2.88. The molecule has 0 aliphatic heterocycles. The molecule has 104 valence electrons. The Labute approximate surface area is 114 Å². The lowest BCUT2D eigenvalue weighted by molar-refractivity contribution is -0.146. The van der Waals surface area contributed by atoms with Crippen molar-refractivity contribution in [3.8, 4) is 5.75 Å². The van der Waals surface area contributed by atoms with Gasteiger partial charge < -0.3 is 10.2 Å². The Hall–Kier alpha value is -1.51. The molecule has 1 aromatic rings. The average molecular weight is 262 g/mol. The van der Waals surface area contributed by atoms with Crippen LogP contribution in [-0.4, -0.2) is 16.2 Å². The van der Waals surface area contributed by atoms with Crippen LogP contribution in [0.1, 0.15) is 48.9 Å². The number of hydrogen-bond acceptors (Lipinski definition) is 2. The third-order valence-corrected chi connectivity index (χ3v) is 4.23. The predicted molar refractivity (Wildman–Crippen MR) is 74.6 cm³/mol. The topological polar surface area (TPSA) is 57.5 Å². The number of phenols is 1. The second-order valence-corrected chi connectivity index (χ2v) is 6.21. The Morgan fingerprint density at radius 1 is 1.32 bits per heavy atom. The van der Waals surface area contributed by atoms with E-state index in [9.17, 15) is 15.0 Å². The number of aromatic hydroxyl groups is 1. The number of carboxylic acid groups (broad SMARTS) is 1. The molecule has 0 saturated carbocycles. The summed E-state index contributed by atoms with van der Waals surface area (Å²) in [6.07, 6.45) is 4.79. The molecule has 0 atom stereocenters. The molecular formula is C16H22O3. The number of rotatable bonds is 3. The van der Waals surface area contributed by atoms with Gasteiger partial charge in [-0.1, -0.05) is 0 Å². The van der Waals surface area contributed by atoms with Crippen LogP contribution in [0, 0.1) is 12.3 Å². The van der Waals surface area contributed by atoms with Gasteiger partial charge in [0.05, 0.1) is 5.41 Å². The highest BCUT2D eigenvalue weighted by Gasteiger charge is 2.30. The lowest BCUT2D eigenvalue weighted by Gasteiger charge is -2.25. The molecule has 0 bridgehead atoms. The van der Waals surface area contributed by atoms with E-state index < -0.39 is 11.4 Å². The smallest absolute Gasteiger partial charge is 0.309 e.